The SMILES string of the molecule is CCC(CC(N)=S)NC(=O)c1sccc1C. The molecule has 0 radical (unpaired) electrons. The average molecular weight is 256 g/mol. The molecule has 0 saturated carbocycles. The van der Waals surface area contributed by atoms with Crippen LogP contribution >= 0.6 is 23.6 Å². The summed E-state index contributed by atoms with van der Waals surface area (Å²) in [5.41, 5.74) is 6.48. The molecule has 0 saturated heterocycles. The van der Waals surface area contributed by atoms with Crippen molar-refractivity contribution in [2.75, 3.05) is 0 Å². The molecule has 1 aromatic heterocycles. The molecule has 0 spiro atoms. The van der Waals surface area contributed by atoms with Gasteiger partial charge in [0.2, 0.25) is 0 Å². The molecular weight excluding hydrogens is 240 g/mol. The monoisotopic (exact) mass is 256 g/mol. The van der Waals surface area contributed by atoms with E-state index in [-0.39, 0.29) is 11.9 Å². The van der Waals surface area contributed by atoms with Crippen LogP contribution in [0.25, 0.3) is 0 Å². The lowest BCUT2D eigenvalue weighted by atomic mass is 10.1. The highest BCUT2D eigenvalue weighted by Crippen LogP contribution is 2.15. The first-order chi connectivity index (χ1) is 7.54. The van der Waals surface area contributed by atoms with Crippen molar-refractivity contribution in [3.8, 4) is 0 Å². The highest BCUT2D eigenvalue weighted by atomic mass is 32.1. The first kappa shape index (κ1) is 13.1. The van der Waals surface area contributed by atoms with Gasteiger partial charge in [0.25, 0.3) is 5.91 Å². The van der Waals surface area contributed by atoms with Crippen molar-refractivity contribution in [3.05, 3.63) is 21.9 Å². The van der Waals surface area contributed by atoms with Crippen LogP contribution in [0.2, 0.25) is 0 Å². The van der Waals surface area contributed by atoms with Crippen LogP contribution in [0.1, 0.15) is 35.0 Å². The Morgan fingerprint density at radius 2 is 2.38 bits per heavy atom. The van der Waals surface area contributed by atoms with E-state index < -0.39 is 0 Å². The predicted molar refractivity (Wildman–Crippen MR) is 72.0 cm³/mol. The Kier molecular flexibility index (Phi) is 4.89. The molecule has 16 heavy (non-hydrogen) atoms. The summed E-state index contributed by atoms with van der Waals surface area (Å²) in [6, 6.07) is 1.97. The van der Waals surface area contributed by atoms with E-state index in [9.17, 15) is 4.79 Å². The Labute approximate surface area is 105 Å². The topological polar surface area (TPSA) is 55.1 Å². The van der Waals surface area contributed by atoms with Crippen LogP contribution in [-0.2, 0) is 0 Å². The van der Waals surface area contributed by atoms with Crippen molar-refractivity contribution in [2.24, 2.45) is 5.73 Å². The quantitative estimate of drug-likeness (QED) is 0.794. The van der Waals surface area contributed by atoms with Crippen LogP contribution in [0.4, 0.5) is 0 Å². The third kappa shape index (κ3) is 3.57. The number of nitrogens with two attached hydrogens (primary N) is 1. The van der Waals surface area contributed by atoms with Gasteiger partial charge in [0, 0.05) is 12.5 Å². The van der Waals surface area contributed by atoms with Gasteiger partial charge in [-0.15, -0.1) is 11.3 Å². The van der Waals surface area contributed by atoms with Crippen LogP contribution in [0.3, 0.4) is 0 Å². The van der Waals surface area contributed by atoms with Gasteiger partial charge < -0.3 is 11.1 Å². The second-order valence-electron chi connectivity index (χ2n) is 3.68. The number of hydrogen-bond donors (Lipinski definition) is 2. The van der Waals surface area contributed by atoms with Gasteiger partial charge in [0.05, 0.1) is 9.87 Å². The Bertz CT molecular complexity index is 387. The zero-order valence-electron chi connectivity index (χ0n) is 9.45. The van der Waals surface area contributed by atoms with Crippen molar-refractivity contribution >= 4 is 34.5 Å². The summed E-state index contributed by atoms with van der Waals surface area (Å²) < 4.78 is 0. The Hall–Kier alpha value is -0.940. The van der Waals surface area contributed by atoms with Gasteiger partial charge >= 0.3 is 0 Å². The molecule has 3 nitrogen and oxygen atoms in total. The lowest BCUT2D eigenvalue weighted by molar-refractivity contribution is 0.0941. The van der Waals surface area contributed by atoms with Crippen molar-refractivity contribution in [2.45, 2.75) is 32.7 Å². The first-order valence-electron chi connectivity index (χ1n) is 5.17. The number of amides is 1. The van der Waals surface area contributed by atoms with Gasteiger partial charge in [-0.05, 0) is 30.4 Å². The van der Waals surface area contributed by atoms with Gasteiger partial charge in [0.15, 0.2) is 0 Å². The summed E-state index contributed by atoms with van der Waals surface area (Å²) in [6.45, 7) is 3.93. The largest absolute Gasteiger partial charge is 0.393 e. The van der Waals surface area contributed by atoms with Crippen LogP contribution in [0.5, 0.6) is 0 Å². The van der Waals surface area contributed by atoms with Gasteiger partial charge in [-0.2, -0.15) is 0 Å². The molecule has 0 aromatic carbocycles. The van der Waals surface area contributed by atoms with Crippen LogP contribution < -0.4 is 11.1 Å². The van der Waals surface area contributed by atoms with Crippen LogP contribution in [0, 0.1) is 6.92 Å². The van der Waals surface area contributed by atoms with Gasteiger partial charge in [-0.25, -0.2) is 0 Å². The maximum atomic E-state index is 11.9. The number of nitrogens with one attached hydrogen (secondary N) is 1. The Morgan fingerprint density at radius 1 is 1.69 bits per heavy atom. The number of thiophene rings is 1. The van der Waals surface area contributed by atoms with E-state index in [0.717, 1.165) is 16.9 Å². The third-order valence-corrected chi connectivity index (χ3v) is 3.53. The lowest BCUT2D eigenvalue weighted by Crippen LogP contribution is -2.36. The minimum Gasteiger partial charge on any atom is -0.393 e. The highest BCUT2D eigenvalue weighted by Gasteiger charge is 2.15. The van der Waals surface area contributed by atoms with Gasteiger partial charge in [0.1, 0.15) is 0 Å². The summed E-state index contributed by atoms with van der Waals surface area (Å²) in [7, 11) is 0. The average Bonchev–Trinajstić information content (AvgIpc) is 2.62. The zero-order chi connectivity index (χ0) is 12.1. The smallest absolute Gasteiger partial charge is 0.261 e. The summed E-state index contributed by atoms with van der Waals surface area (Å²) in [6.07, 6.45) is 1.38. The summed E-state index contributed by atoms with van der Waals surface area (Å²) >= 11 is 6.30. The molecule has 0 aliphatic carbocycles. The van der Waals surface area contributed by atoms with Crippen molar-refractivity contribution in [1.82, 2.24) is 5.32 Å². The van der Waals surface area contributed by atoms with E-state index in [1.54, 1.807) is 0 Å². The third-order valence-electron chi connectivity index (χ3n) is 2.34. The molecule has 1 amide bonds. The maximum absolute atomic E-state index is 11.9. The minimum atomic E-state index is -0.0319. The van der Waals surface area contributed by atoms with E-state index in [4.69, 9.17) is 18.0 Å². The fourth-order valence-electron chi connectivity index (χ4n) is 1.40. The van der Waals surface area contributed by atoms with E-state index in [1.165, 1.54) is 11.3 Å². The molecule has 1 unspecified atom stereocenters. The van der Waals surface area contributed by atoms with Crippen LogP contribution in [0.15, 0.2) is 11.4 Å². The van der Waals surface area contributed by atoms with Crippen molar-refractivity contribution < 1.29 is 4.79 Å². The number of rotatable bonds is 5. The fourth-order valence-corrected chi connectivity index (χ4v) is 2.43. The summed E-state index contributed by atoms with van der Waals surface area (Å²) in [5, 5.41) is 4.86. The number of hydrogen-bond acceptors (Lipinski definition) is 3. The maximum Gasteiger partial charge on any atom is 0.261 e. The molecule has 1 rings (SSSR count). The Balaban J connectivity index is 2.62. The second-order valence-corrected chi connectivity index (χ2v) is 5.12. The summed E-state index contributed by atoms with van der Waals surface area (Å²) in [5.74, 6) is -0.0319. The lowest BCUT2D eigenvalue weighted by Gasteiger charge is -2.15. The second kappa shape index (κ2) is 5.96. The molecule has 0 fully saturated rings. The molecule has 1 atom stereocenters. The van der Waals surface area contributed by atoms with Crippen molar-refractivity contribution in [3.63, 3.8) is 0 Å². The van der Waals surface area contributed by atoms with E-state index >= 15 is 0 Å². The van der Waals surface area contributed by atoms with E-state index in [1.807, 2.05) is 25.3 Å². The molecular formula is C11H16N2OS2. The van der Waals surface area contributed by atoms with Crippen LogP contribution in [-0.4, -0.2) is 16.9 Å². The molecule has 5 heteroatoms. The number of thiocarbonyl (C=S) groups is 1. The molecule has 3 N–H and O–H groups in total. The zero-order valence-corrected chi connectivity index (χ0v) is 11.1. The first-order valence-corrected chi connectivity index (χ1v) is 6.46. The van der Waals surface area contributed by atoms with E-state index in [0.29, 0.717) is 11.4 Å². The number of carbonyl (C=O) groups excluding carboxylic acids is 1. The highest BCUT2D eigenvalue weighted by molar-refractivity contribution is 7.80. The molecule has 1 aromatic rings. The molecule has 88 valence electrons. The summed E-state index contributed by atoms with van der Waals surface area (Å²) in [4.78, 5) is 13.1. The van der Waals surface area contributed by atoms with Gasteiger partial charge in [-0.3, -0.25) is 4.79 Å². The number of aryl methyl sites for hydroxylation is 1. The molecule has 1 heterocycles. The van der Waals surface area contributed by atoms with E-state index in [2.05, 4.69) is 5.32 Å². The molecule has 0 aliphatic heterocycles. The molecule has 0 aliphatic rings. The standard InChI is InChI=1S/C11H16N2OS2/c1-3-8(6-9(12)15)13-11(14)10-7(2)4-5-16-10/h4-5,8H,3,6H2,1-2H3,(H2,12,15)(H,13,14). The normalized spacial score (nSPS) is 12.1. The fraction of sp³-hybridized carbons (Fsp3) is 0.455. The predicted octanol–water partition coefficient (Wildman–Crippen LogP) is 2.24. The van der Waals surface area contributed by atoms with Gasteiger partial charge in [-0.1, -0.05) is 19.1 Å². The number of carbonyl (C=O) groups is 1. The van der Waals surface area contributed by atoms with Crippen molar-refractivity contribution in [1.29, 1.82) is 0 Å². The minimum absolute atomic E-state index is 0.0319. The molecule has 0 bridgehead atoms. The Morgan fingerprint density at radius 3 is 2.81 bits per heavy atom.